The summed E-state index contributed by atoms with van der Waals surface area (Å²) < 4.78 is 0. The third-order valence-corrected chi connectivity index (χ3v) is 5.21. The fraction of sp³-hybridized carbons (Fsp3) is 0.579. The van der Waals surface area contributed by atoms with Gasteiger partial charge in [0.15, 0.2) is 0 Å². The van der Waals surface area contributed by atoms with Crippen LogP contribution in [0.3, 0.4) is 0 Å². The maximum absolute atomic E-state index is 4.94. The fourth-order valence-corrected chi connectivity index (χ4v) is 2.91. The van der Waals surface area contributed by atoms with Crippen LogP contribution in [-0.2, 0) is 6.54 Å². The van der Waals surface area contributed by atoms with Gasteiger partial charge in [-0.25, -0.2) is 4.99 Å². The maximum Gasteiger partial charge on any atom is 0.132 e. The van der Waals surface area contributed by atoms with Gasteiger partial charge in [0.25, 0.3) is 0 Å². The van der Waals surface area contributed by atoms with Gasteiger partial charge >= 0.3 is 0 Å². The zero-order valence-corrected chi connectivity index (χ0v) is 14.8. The van der Waals surface area contributed by atoms with Crippen LogP contribution < -0.4 is 0 Å². The molecule has 1 aliphatic heterocycles. The highest BCUT2D eigenvalue weighted by Crippen LogP contribution is 2.47. The minimum Gasteiger partial charge on any atom is -0.360 e. The van der Waals surface area contributed by atoms with Gasteiger partial charge in [-0.05, 0) is 19.4 Å². The second-order valence-corrected chi connectivity index (χ2v) is 6.98. The molecule has 2 rings (SSSR count). The average molecular weight is 299 g/mol. The van der Waals surface area contributed by atoms with E-state index in [4.69, 9.17) is 9.98 Å². The van der Waals surface area contributed by atoms with Crippen LogP contribution in [0.5, 0.6) is 0 Å². The molecule has 120 valence electrons. The van der Waals surface area contributed by atoms with Crippen LogP contribution in [0.2, 0.25) is 0 Å². The number of aliphatic imine (C=N–C) groups is 2. The smallest absolute Gasteiger partial charge is 0.132 e. The molecule has 1 aromatic rings. The number of nitrogens with zero attached hydrogens (tertiary/aromatic N) is 3. The van der Waals surface area contributed by atoms with Crippen molar-refractivity contribution >= 4 is 11.7 Å². The van der Waals surface area contributed by atoms with Crippen LogP contribution >= 0.6 is 0 Å². The van der Waals surface area contributed by atoms with Crippen LogP contribution in [-0.4, -0.2) is 29.7 Å². The molecular formula is C19H29N3. The molecule has 0 amide bonds. The van der Waals surface area contributed by atoms with Gasteiger partial charge in [0.2, 0.25) is 0 Å². The molecule has 1 aliphatic rings. The Labute approximate surface area is 135 Å². The Morgan fingerprint density at radius 1 is 0.955 bits per heavy atom. The fourth-order valence-electron chi connectivity index (χ4n) is 2.91. The predicted molar refractivity (Wildman–Crippen MR) is 95.5 cm³/mol. The van der Waals surface area contributed by atoms with E-state index in [0.717, 1.165) is 18.9 Å². The van der Waals surface area contributed by atoms with E-state index >= 15 is 0 Å². The number of hydrogen-bond acceptors (Lipinski definition) is 2. The van der Waals surface area contributed by atoms with Gasteiger partial charge < -0.3 is 4.90 Å². The quantitative estimate of drug-likeness (QED) is 0.810. The third kappa shape index (κ3) is 2.81. The van der Waals surface area contributed by atoms with Crippen molar-refractivity contribution in [2.75, 3.05) is 13.1 Å². The van der Waals surface area contributed by atoms with E-state index in [2.05, 4.69) is 70.7 Å². The molecular weight excluding hydrogens is 270 g/mol. The van der Waals surface area contributed by atoms with E-state index < -0.39 is 0 Å². The van der Waals surface area contributed by atoms with Crippen LogP contribution in [0.1, 0.15) is 47.1 Å². The molecule has 0 saturated carbocycles. The van der Waals surface area contributed by atoms with E-state index in [1.807, 2.05) is 6.07 Å². The average Bonchev–Trinajstić information content (AvgIpc) is 2.67. The summed E-state index contributed by atoms with van der Waals surface area (Å²) in [6.07, 6.45) is 0. The molecule has 1 aromatic carbocycles. The van der Waals surface area contributed by atoms with E-state index in [0.29, 0.717) is 6.54 Å². The molecule has 0 bridgehead atoms. The lowest BCUT2D eigenvalue weighted by Crippen LogP contribution is -2.45. The largest absolute Gasteiger partial charge is 0.360 e. The minimum atomic E-state index is -0.0558. The zero-order chi connectivity index (χ0) is 16.4. The first-order valence-electron chi connectivity index (χ1n) is 8.27. The van der Waals surface area contributed by atoms with Gasteiger partial charge in [0.05, 0.1) is 6.54 Å². The molecule has 3 heteroatoms. The van der Waals surface area contributed by atoms with Crippen molar-refractivity contribution in [3.8, 4) is 0 Å². The summed E-state index contributed by atoms with van der Waals surface area (Å²) in [5, 5.41) is 0. The Morgan fingerprint density at radius 3 is 2.09 bits per heavy atom. The topological polar surface area (TPSA) is 28.0 Å². The predicted octanol–water partition coefficient (Wildman–Crippen LogP) is 4.39. The SMILES string of the molecule is CCN(CC)C1=NC(=NCc2ccccc2)C(C)(C)C1(C)C. The monoisotopic (exact) mass is 299 g/mol. The Bertz CT molecular complexity index is 564. The van der Waals surface area contributed by atoms with Gasteiger partial charge in [-0.3, -0.25) is 4.99 Å². The van der Waals surface area contributed by atoms with Gasteiger partial charge in [-0.2, -0.15) is 0 Å². The molecule has 1 heterocycles. The molecule has 0 aliphatic carbocycles. The molecule has 0 unspecified atom stereocenters. The lowest BCUT2D eigenvalue weighted by atomic mass is 9.68. The van der Waals surface area contributed by atoms with Crippen molar-refractivity contribution < 1.29 is 0 Å². The van der Waals surface area contributed by atoms with Gasteiger partial charge in [-0.15, -0.1) is 0 Å². The summed E-state index contributed by atoms with van der Waals surface area (Å²) in [7, 11) is 0. The first-order chi connectivity index (χ1) is 10.3. The summed E-state index contributed by atoms with van der Waals surface area (Å²) in [6.45, 7) is 16.1. The molecule has 0 saturated heterocycles. The second-order valence-electron chi connectivity index (χ2n) is 6.98. The Hall–Kier alpha value is -1.64. The molecule has 3 nitrogen and oxygen atoms in total. The summed E-state index contributed by atoms with van der Waals surface area (Å²) in [6, 6.07) is 10.4. The molecule has 22 heavy (non-hydrogen) atoms. The summed E-state index contributed by atoms with van der Waals surface area (Å²) >= 11 is 0. The van der Waals surface area contributed by atoms with Crippen LogP contribution in [0.25, 0.3) is 0 Å². The minimum absolute atomic E-state index is 0.00542. The first kappa shape index (κ1) is 16.7. The van der Waals surface area contributed by atoms with E-state index in [1.165, 1.54) is 11.4 Å². The lowest BCUT2D eigenvalue weighted by molar-refractivity contribution is 0.264. The molecule has 0 aromatic heterocycles. The van der Waals surface area contributed by atoms with Crippen molar-refractivity contribution in [1.82, 2.24) is 4.90 Å². The molecule has 0 atom stereocenters. The van der Waals surface area contributed by atoms with Crippen molar-refractivity contribution in [1.29, 1.82) is 0 Å². The van der Waals surface area contributed by atoms with E-state index in [9.17, 15) is 0 Å². The summed E-state index contributed by atoms with van der Waals surface area (Å²) in [5.74, 6) is 2.15. The number of rotatable bonds is 4. The Morgan fingerprint density at radius 2 is 1.55 bits per heavy atom. The van der Waals surface area contributed by atoms with Gasteiger partial charge in [-0.1, -0.05) is 58.0 Å². The first-order valence-corrected chi connectivity index (χ1v) is 8.27. The molecule has 0 N–H and O–H groups in total. The van der Waals surface area contributed by atoms with E-state index in [1.54, 1.807) is 0 Å². The van der Waals surface area contributed by atoms with Crippen LogP contribution in [0.4, 0.5) is 0 Å². The highest BCUT2D eigenvalue weighted by Gasteiger charge is 2.51. The zero-order valence-electron chi connectivity index (χ0n) is 14.8. The number of hydrogen-bond donors (Lipinski definition) is 0. The number of amidine groups is 2. The highest BCUT2D eigenvalue weighted by molar-refractivity contribution is 6.10. The molecule has 0 fully saturated rings. The second kappa shape index (κ2) is 6.23. The van der Waals surface area contributed by atoms with Crippen LogP contribution in [0.15, 0.2) is 40.3 Å². The van der Waals surface area contributed by atoms with Crippen molar-refractivity contribution in [3.05, 3.63) is 35.9 Å². The van der Waals surface area contributed by atoms with E-state index in [-0.39, 0.29) is 10.8 Å². The normalized spacial score (nSPS) is 21.0. The number of benzene rings is 1. The third-order valence-electron chi connectivity index (χ3n) is 5.21. The maximum atomic E-state index is 4.94. The van der Waals surface area contributed by atoms with Crippen LogP contribution in [0, 0.1) is 10.8 Å². The molecule has 0 radical (unpaired) electrons. The Balaban J connectivity index is 2.34. The standard InChI is InChI=1S/C19H29N3/c1-7-22(8-2)17-19(5,6)18(3,4)16(21-17)20-14-15-12-10-9-11-13-15/h9-13H,7-8,14H2,1-6H3. The summed E-state index contributed by atoms with van der Waals surface area (Å²) in [5.41, 5.74) is 1.17. The van der Waals surface area contributed by atoms with Gasteiger partial charge in [0.1, 0.15) is 11.7 Å². The Kier molecular flexibility index (Phi) is 4.74. The van der Waals surface area contributed by atoms with Crippen molar-refractivity contribution in [2.45, 2.75) is 48.1 Å². The highest BCUT2D eigenvalue weighted by atomic mass is 15.2. The lowest BCUT2D eigenvalue weighted by Gasteiger charge is -2.38. The molecule has 0 spiro atoms. The van der Waals surface area contributed by atoms with Crippen molar-refractivity contribution in [3.63, 3.8) is 0 Å². The summed E-state index contributed by atoms with van der Waals surface area (Å²) in [4.78, 5) is 12.1. The van der Waals surface area contributed by atoms with Gasteiger partial charge in [0, 0.05) is 23.9 Å². The van der Waals surface area contributed by atoms with Crippen molar-refractivity contribution in [2.24, 2.45) is 20.8 Å².